The van der Waals surface area contributed by atoms with Crippen LogP contribution in [0.5, 0.6) is 0 Å². The number of thiophene rings is 1. The van der Waals surface area contributed by atoms with Crippen molar-refractivity contribution in [2.45, 2.75) is 6.54 Å². The van der Waals surface area contributed by atoms with Crippen LogP contribution in [0.25, 0.3) is 16.0 Å². The van der Waals surface area contributed by atoms with Gasteiger partial charge in [0.25, 0.3) is 0 Å². The van der Waals surface area contributed by atoms with Crippen LogP contribution in [-0.4, -0.2) is 72.3 Å². The third-order valence-corrected chi connectivity index (χ3v) is 6.68. The van der Waals surface area contributed by atoms with Gasteiger partial charge in [-0.2, -0.15) is 5.10 Å². The van der Waals surface area contributed by atoms with Crippen molar-refractivity contribution in [3.8, 4) is 5.82 Å². The van der Waals surface area contributed by atoms with Gasteiger partial charge in [-0.3, -0.25) is 4.90 Å². The quantitative estimate of drug-likeness (QED) is 0.592. The minimum atomic E-state index is 0.762. The molecule has 3 aromatic rings. The molecule has 9 heteroatoms. The summed E-state index contributed by atoms with van der Waals surface area (Å²) in [5, 5.41) is 4.48. The summed E-state index contributed by atoms with van der Waals surface area (Å²) >= 11 is 5.29. The predicted octanol–water partition coefficient (Wildman–Crippen LogP) is 2.91. The lowest BCUT2D eigenvalue weighted by atomic mass is 10.2. The number of ether oxygens (including phenoxy) is 2. The van der Waals surface area contributed by atoms with Gasteiger partial charge < -0.3 is 14.4 Å². The third kappa shape index (κ3) is 3.81. The Morgan fingerprint density at radius 3 is 2.50 bits per heavy atom. The number of morpholine rings is 2. The lowest BCUT2D eigenvalue weighted by Crippen LogP contribution is -2.36. The maximum absolute atomic E-state index is 5.56. The van der Waals surface area contributed by atoms with E-state index in [1.807, 2.05) is 28.3 Å². The molecular weight excluding hydrogens is 442 g/mol. The largest absolute Gasteiger partial charge is 0.379 e. The molecule has 5 rings (SSSR count). The van der Waals surface area contributed by atoms with E-state index >= 15 is 0 Å². The number of nitrogens with zero attached hydrogens (tertiary/aromatic N) is 5. The SMILES string of the molecule is Brc1ccn(-c2cc(N3CCOCC3)c3sc(CN4CCOCC4)cc3n2)n1. The zero-order valence-electron chi connectivity index (χ0n) is 15.5. The highest BCUT2D eigenvalue weighted by Crippen LogP contribution is 2.36. The Morgan fingerprint density at radius 1 is 1.04 bits per heavy atom. The van der Waals surface area contributed by atoms with Gasteiger partial charge >= 0.3 is 0 Å². The van der Waals surface area contributed by atoms with Crippen molar-refractivity contribution in [3.63, 3.8) is 0 Å². The standard InChI is InChI=1S/C19H22BrN5O2S/c20-17-1-2-25(22-17)18-12-16(24-5-9-27-10-6-24)19-15(21-18)11-14(28-19)13-23-3-7-26-8-4-23/h1-2,11-12H,3-10,13H2. The normalized spacial score (nSPS) is 18.8. The number of aromatic nitrogens is 3. The van der Waals surface area contributed by atoms with Crippen molar-refractivity contribution < 1.29 is 9.47 Å². The number of hydrogen-bond donors (Lipinski definition) is 0. The van der Waals surface area contributed by atoms with Gasteiger partial charge in [0.1, 0.15) is 4.60 Å². The van der Waals surface area contributed by atoms with Crippen LogP contribution in [0.1, 0.15) is 4.88 Å². The van der Waals surface area contributed by atoms with Gasteiger partial charge in [0.2, 0.25) is 0 Å². The fourth-order valence-corrected chi connectivity index (χ4v) is 5.16. The maximum Gasteiger partial charge on any atom is 0.156 e. The number of anilines is 1. The van der Waals surface area contributed by atoms with E-state index in [-0.39, 0.29) is 0 Å². The molecule has 7 nitrogen and oxygen atoms in total. The zero-order valence-corrected chi connectivity index (χ0v) is 17.9. The minimum absolute atomic E-state index is 0.762. The zero-order chi connectivity index (χ0) is 18.9. The molecule has 0 N–H and O–H groups in total. The Morgan fingerprint density at radius 2 is 1.79 bits per heavy atom. The first kappa shape index (κ1) is 18.5. The lowest BCUT2D eigenvalue weighted by Gasteiger charge is -2.29. The third-order valence-electron chi connectivity index (χ3n) is 5.12. The molecule has 0 spiro atoms. The van der Waals surface area contributed by atoms with E-state index in [0.29, 0.717) is 0 Å². The van der Waals surface area contributed by atoms with Crippen LogP contribution in [0.2, 0.25) is 0 Å². The Labute approximate surface area is 176 Å². The summed E-state index contributed by atoms with van der Waals surface area (Å²) in [6.07, 6.45) is 1.93. The van der Waals surface area contributed by atoms with E-state index in [4.69, 9.17) is 14.5 Å². The first-order valence-electron chi connectivity index (χ1n) is 9.54. The first-order chi connectivity index (χ1) is 13.8. The van der Waals surface area contributed by atoms with Gasteiger partial charge in [-0.1, -0.05) is 0 Å². The van der Waals surface area contributed by atoms with Crippen molar-refractivity contribution in [2.24, 2.45) is 0 Å². The van der Waals surface area contributed by atoms with Gasteiger partial charge in [0.15, 0.2) is 5.82 Å². The minimum Gasteiger partial charge on any atom is -0.379 e. The van der Waals surface area contributed by atoms with E-state index in [2.05, 4.69) is 43.0 Å². The molecule has 0 bridgehead atoms. The Hall–Kier alpha value is -1.52. The summed E-state index contributed by atoms with van der Waals surface area (Å²) in [5.74, 6) is 0.843. The topological polar surface area (TPSA) is 55.7 Å². The van der Waals surface area contributed by atoms with Crippen LogP contribution in [0.3, 0.4) is 0 Å². The predicted molar refractivity (Wildman–Crippen MR) is 114 cm³/mol. The van der Waals surface area contributed by atoms with E-state index in [0.717, 1.165) is 75.1 Å². The molecule has 3 aromatic heterocycles. The van der Waals surface area contributed by atoms with Gasteiger partial charge in [-0.05, 0) is 28.1 Å². The van der Waals surface area contributed by atoms with E-state index in [1.165, 1.54) is 15.3 Å². The first-order valence-corrected chi connectivity index (χ1v) is 11.1. The number of rotatable bonds is 4. The molecule has 148 valence electrons. The van der Waals surface area contributed by atoms with Crippen molar-refractivity contribution in [1.29, 1.82) is 0 Å². The van der Waals surface area contributed by atoms with Crippen LogP contribution in [0.15, 0.2) is 29.0 Å². The number of hydrogen-bond acceptors (Lipinski definition) is 7. The summed E-state index contributed by atoms with van der Waals surface area (Å²) in [6.45, 7) is 7.90. The number of fused-ring (bicyclic) bond motifs is 1. The van der Waals surface area contributed by atoms with Crippen LogP contribution in [0, 0.1) is 0 Å². The average Bonchev–Trinajstić information content (AvgIpc) is 3.34. The van der Waals surface area contributed by atoms with E-state index < -0.39 is 0 Å². The molecule has 0 aliphatic carbocycles. The second-order valence-electron chi connectivity index (χ2n) is 7.00. The molecule has 0 amide bonds. The van der Waals surface area contributed by atoms with Gasteiger partial charge in [0.05, 0.1) is 42.3 Å². The van der Waals surface area contributed by atoms with Crippen molar-refractivity contribution in [1.82, 2.24) is 19.7 Å². The molecule has 0 atom stereocenters. The fourth-order valence-electron chi connectivity index (χ4n) is 3.68. The molecule has 2 aliphatic rings. The van der Waals surface area contributed by atoms with Crippen LogP contribution in [-0.2, 0) is 16.0 Å². The lowest BCUT2D eigenvalue weighted by molar-refractivity contribution is 0.0346. The van der Waals surface area contributed by atoms with Crippen molar-refractivity contribution in [2.75, 3.05) is 57.5 Å². The van der Waals surface area contributed by atoms with E-state index in [1.54, 1.807) is 0 Å². The summed E-state index contributed by atoms with van der Waals surface area (Å²) in [5.41, 5.74) is 2.27. The van der Waals surface area contributed by atoms with Gasteiger partial charge in [-0.15, -0.1) is 11.3 Å². The highest BCUT2D eigenvalue weighted by atomic mass is 79.9. The molecule has 2 fully saturated rings. The molecule has 0 unspecified atom stereocenters. The molecule has 2 saturated heterocycles. The summed E-state index contributed by atoms with van der Waals surface area (Å²) in [7, 11) is 0. The summed E-state index contributed by atoms with van der Waals surface area (Å²) in [4.78, 5) is 11.1. The molecule has 2 aliphatic heterocycles. The smallest absolute Gasteiger partial charge is 0.156 e. The van der Waals surface area contributed by atoms with Crippen molar-refractivity contribution in [3.05, 3.63) is 33.9 Å². The van der Waals surface area contributed by atoms with E-state index in [9.17, 15) is 0 Å². The monoisotopic (exact) mass is 463 g/mol. The molecule has 0 radical (unpaired) electrons. The van der Waals surface area contributed by atoms with Crippen molar-refractivity contribution >= 4 is 43.2 Å². The molecule has 5 heterocycles. The Balaban J connectivity index is 1.54. The average molecular weight is 464 g/mol. The Kier molecular flexibility index (Phi) is 5.34. The summed E-state index contributed by atoms with van der Waals surface area (Å²) < 4.78 is 14.9. The molecule has 0 saturated carbocycles. The number of pyridine rings is 1. The Bertz CT molecular complexity index is 963. The summed E-state index contributed by atoms with van der Waals surface area (Å²) in [6, 6.07) is 6.32. The number of halogens is 1. The molecule has 28 heavy (non-hydrogen) atoms. The van der Waals surface area contributed by atoms with Gasteiger partial charge in [0, 0.05) is 49.9 Å². The second kappa shape index (κ2) is 8.08. The highest BCUT2D eigenvalue weighted by Gasteiger charge is 2.20. The highest BCUT2D eigenvalue weighted by molar-refractivity contribution is 9.10. The maximum atomic E-state index is 5.56. The van der Waals surface area contributed by atoms with Gasteiger partial charge in [-0.25, -0.2) is 9.67 Å². The fraction of sp³-hybridized carbons (Fsp3) is 0.474. The molecular formula is C19H22BrN5O2S. The van der Waals surface area contributed by atoms with Crippen LogP contribution >= 0.6 is 27.3 Å². The molecule has 0 aromatic carbocycles. The van der Waals surface area contributed by atoms with Crippen LogP contribution in [0.4, 0.5) is 5.69 Å². The second-order valence-corrected chi connectivity index (χ2v) is 8.95. The van der Waals surface area contributed by atoms with Crippen LogP contribution < -0.4 is 4.90 Å².